The number of carbonyl (C=O) groups excluding carboxylic acids is 1. The quantitative estimate of drug-likeness (QED) is 0.725. The van der Waals surface area contributed by atoms with Crippen LogP contribution in [-0.4, -0.2) is 31.3 Å². The van der Waals surface area contributed by atoms with Crippen LogP contribution >= 0.6 is 0 Å². The summed E-state index contributed by atoms with van der Waals surface area (Å²) in [6.45, 7) is 5.44. The molecule has 17 heavy (non-hydrogen) atoms. The molecule has 1 unspecified atom stereocenters. The van der Waals surface area contributed by atoms with Crippen molar-refractivity contribution < 1.29 is 4.79 Å². The number of carbonyl (C=O) groups is 1. The van der Waals surface area contributed by atoms with Gasteiger partial charge in [-0.1, -0.05) is 0 Å². The summed E-state index contributed by atoms with van der Waals surface area (Å²) in [5.41, 5.74) is 2.02. The fourth-order valence-electron chi connectivity index (χ4n) is 1.65. The number of aromatic nitrogens is 5. The second-order valence-electron chi connectivity index (χ2n) is 3.87. The Morgan fingerprint density at radius 2 is 2.18 bits per heavy atom. The van der Waals surface area contributed by atoms with Gasteiger partial charge in [-0.25, -0.2) is 4.98 Å². The van der Waals surface area contributed by atoms with E-state index < -0.39 is 0 Å². The molecule has 2 rings (SSSR count). The van der Waals surface area contributed by atoms with Crippen LogP contribution in [-0.2, 0) is 0 Å². The van der Waals surface area contributed by atoms with Crippen LogP contribution in [0.4, 0.5) is 0 Å². The van der Waals surface area contributed by atoms with Gasteiger partial charge >= 0.3 is 0 Å². The van der Waals surface area contributed by atoms with Crippen molar-refractivity contribution in [3.63, 3.8) is 0 Å². The summed E-state index contributed by atoms with van der Waals surface area (Å²) in [4.78, 5) is 16.0. The highest BCUT2D eigenvalue weighted by Gasteiger charge is 2.18. The number of aryl methyl sites for hydroxylation is 2. The van der Waals surface area contributed by atoms with Crippen LogP contribution in [0.25, 0.3) is 0 Å². The minimum atomic E-state index is -0.223. The van der Waals surface area contributed by atoms with E-state index in [-0.39, 0.29) is 11.9 Å². The first-order valence-electron chi connectivity index (χ1n) is 5.27. The van der Waals surface area contributed by atoms with Crippen molar-refractivity contribution in [1.82, 2.24) is 30.7 Å². The lowest BCUT2D eigenvalue weighted by atomic mass is 10.1. The lowest BCUT2D eigenvalue weighted by Crippen LogP contribution is -2.28. The van der Waals surface area contributed by atoms with E-state index in [0.717, 1.165) is 5.69 Å². The lowest BCUT2D eigenvalue weighted by molar-refractivity contribution is 0.0937. The van der Waals surface area contributed by atoms with Crippen molar-refractivity contribution in [2.45, 2.75) is 26.8 Å². The van der Waals surface area contributed by atoms with Crippen LogP contribution in [0.15, 0.2) is 6.33 Å². The van der Waals surface area contributed by atoms with E-state index in [0.29, 0.717) is 17.1 Å². The van der Waals surface area contributed by atoms with E-state index in [1.54, 1.807) is 6.92 Å². The number of H-pyrrole nitrogens is 2. The maximum absolute atomic E-state index is 12.0. The molecule has 1 amide bonds. The third-order valence-electron chi connectivity index (χ3n) is 2.55. The fraction of sp³-hybridized carbons (Fsp3) is 0.400. The van der Waals surface area contributed by atoms with Crippen molar-refractivity contribution in [3.05, 3.63) is 29.1 Å². The van der Waals surface area contributed by atoms with Crippen LogP contribution in [0.1, 0.15) is 40.5 Å². The summed E-state index contributed by atoms with van der Waals surface area (Å²) < 4.78 is 0. The van der Waals surface area contributed by atoms with Gasteiger partial charge in [0.2, 0.25) is 0 Å². The largest absolute Gasteiger partial charge is 0.342 e. The Balaban J connectivity index is 2.12. The number of hydrogen-bond acceptors (Lipinski definition) is 4. The molecule has 90 valence electrons. The topological polar surface area (TPSA) is 99.3 Å². The molecular formula is C10H14N6O. The van der Waals surface area contributed by atoms with E-state index in [2.05, 4.69) is 30.7 Å². The van der Waals surface area contributed by atoms with Gasteiger partial charge in [0.05, 0.1) is 17.3 Å². The molecule has 0 spiro atoms. The lowest BCUT2D eigenvalue weighted by Gasteiger charge is -2.10. The molecule has 0 aliphatic rings. The van der Waals surface area contributed by atoms with Gasteiger partial charge in [0.15, 0.2) is 0 Å². The van der Waals surface area contributed by atoms with Crippen LogP contribution in [0.5, 0.6) is 0 Å². The zero-order valence-electron chi connectivity index (χ0n) is 9.90. The van der Waals surface area contributed by atoms with Gasteiger partial charge in [-0.05, 0) is 20.8 Å². The first kappa shape index (κ1) is 11.3. The maximum atomic E-state index is 12.0. The first-order valence-corrected chi connectivity index (χ1v) is 5.27. The highest BCUT2D eigenvalue weighted by Crippen LogP contribution is 2.12. The summed E-state index contributed by atoms with van der Waals surface area (Å²) in [6.07, 6.45) is 1.41. The zero-order chi connectivity index (χ0) is 12.4. The smallest absolute Gasteiger partial charge is 0.255 e. The molecule has 2 aromatic heterocycles. The van der Waals surface area contributed by atoms with Crippen molar-refractivity contribution in [2.75, 3.05) is 0 Å². The van der Waals surface area contributed by atoms with Crippen molar-refractivity contribution in [2.24, 2.45) is 0 Å². The number of nitrogens with zero attached hydrogens (tertiary/aromatic N) is 3. The third kappa shape index (κ3) is 2.17. The van der Waals surface area contributed by atoms with Crippen molar-refractivity contribution >= 4 is 5.91 Å². The molecule has 0 aliphatic heterocycles. The minimum absolute atomic E-state index is 0.169. The fourth-order valence-corrected chi connectivity index (χ4v) is 1.65. The Bertz CT molecular complexity index is 495. The molecule has 7 nitrogen and oxygen atoms in total. The normalized spacial score (nSPS) is 12.4. The number of amides is 1. The van der Waals surface area contributed by atoms with Crippen LogP contribution < -0.4 is 5.32 Å². The van der Waals surface area contributed by atoms with Gasteiger partial charge in [0.25, 0.3) is 5.91 Å². The Kier molecular flexibility index (Phi) is 2.90. The predicted molar refractivity (Wildman–Crippen MR) is 60.3 cm³/mol. The van der Waals surface area contributed by atoms with E-state index >= 15 is 0 Å². The first-order chi connectivity index (χ1) is 8.09. The minimum Gasteiger partial charge on any atom is -0.342 e. The highest BCUT2D eigenvalue weighted by atomic mass is 16.1. The number of aromatic amines is 2. The van der Waals surface area contributed by atoms with Gasteiger partial charge in [-0.15, -0.1) is 0 Å². The van der Waals surface area contributed by atoms with E-state index in [1.807, 2.05) is 13.8 Å². The molecule has 0 saturated heterocycles. The molecule has 0 fully saturated rings. The molecule has 7 heteroatoms. The second kappa shape index (κ2) is 4.36. The molecule has 0 saturated carbocycles. The third-order valence-corrected chi connectivity index (χ3v) is 2.55. The molecule has 2 heterocycles. The van der Waals surface area contributed by atoms with Crippen LogP contribution in [0.3, 0.4) is 0 Å². The SMILES string of the molecule is Cc1n[nH]c(C)c1C(=O)NC(C)c1ncn[nH]1. The van der Waals surface area contributed by atoms with E-state index in [1.165, 1.54) is 6.33 Å². The standard InChI is InChI=1S/C10H14N6O/c1-5-8(6(2)15-14-5)10(17)13-7(3)9-11-4-12-16-9/h4,7H,1-3H3,(H,13,17)(H,14,15)(H,11,12,16). The van der Waals surface area contributed by atoms with Crippen LogP contribution in [0, 0.1) is 13.8 Å². The summed E-state index contributed by atoms with van der Waals surface area (Å²) in [5.74, 6) is 0.454. The highest BCUT2D eigenvalue weighted by molar-refractivity contribution is 5.96. The van der Waals surface area contributed by atoms with Gasteiger partial charge < -0.3 is 5.32 Å². The Morgan fingerprint density at radius 3 is 2.71 bits per heavy atom. The van der Waals surface area contributed by atoms with Gasteiger partial charge in [0.1, 0.15) is 12.2 Å². The van der Waals surface area contributed by atoms with Crippen molar-refractivity contribution in [3.8, 4) is 0 Å². The van der Waals surface area contributed by atoms with Crippen molar-refractivity contribution in [1.29, 1.82) is 0 Å². The summed E-state index contributed by atoms with van der Waals surface area (Å²) in [6, 6.07) is -0.223. The molecule has 1 atom stereocenters. The molecule has 0 aliphatic carbocycles. The monoisotopic (exact) mass is 234 g/mol. The number of hydrogen-bond donors (Lipinski definition) is 3. The second-order valence-corrected chi connectivity index (χ2v) is 3.87. The molecule has 0 aromatic carbocycles. The number of rotatable bonds is 3. The summed E-state index contributed by atoms with van der Waals surface area (Å²) in [7, 11) is 0. The molecule has 0 radical (unpaired) electrons. The average molecular weight is 234 g/mol. The molecule has 3 N–H and O–H groups in total. The van der Waals surface area contributed by atoms with Gasteiger partial charge in [-0.2, -0.15) is 10.2 Å². The summed E-state index contributed by atoms with van der Waals surface area (Å²) >= 11 is 0. The van der Waals surface area contributed by atoms with E-state index in [9.17, 15) is 4.79 Å². The Morgan fingerprint density at radius 1 is 1.41 bits per heavy atom. The number of nitrogens with one attached hydrogen (secondary N) is 3. The summed E-state index contributed by atoms with van der Waals surface area (Å²) in [5, 5.41) is 16.1. The maximum Gasteiger partial charge on any atom is 0.255 e. The van der Waals surface area contributed by atoms with Gasteiger partial charge in [-0.3, -0.25) is 15.0 Å². The Hall–Kier alpha value is -2.18. The van der Waals surface area contributed by atoms with Crippen LogP contribution in [0.2, 0.25) is 0 Å². The van der Waals surface area contributed by atoms with Gasteiger partial charge in [0, 0.05) is 5.69 Å². The average Bonchev–Trinajstić information content (AvgIpc) is 2.88. The molecule has 0 bridgehead atoms. The molecular weight excluding hydrogens is 220 g/mol. The zero-order valence-corrected chi connectivity index (χ0v) is 9.90. The predicted octanol–water partition coefficient (Wildman–Crippen LogP) is 0.636. The molecule has 2 aromatic rings. The Labute approximate surface area is 98.0 Å². The van der Waals surface area contributed by atoms with E-state index in [4.69, 9.17) is 0 Å².